The first-order valence-corrected chi connectivity index (χ1v) is 8.47. The molecule has 3 rings (SSSR count). The highest BCUT2D eigenvalue weighted by Crippen LogP contribution is 2.25. The SMILES string of the molecule is O=C(N[C@@H](Cc1ccccc1)C(=O)O)[C@@H]1CC(=O)N(c2ccccc2)C1. The number of rotatable bonds is 6. The molecule has 6 nitrogen and oxygen atoms in total. The van der Waals surface area contributed by atoms with Gasteiger partial charge in [-0.05, 0) is 17.7 Å². The number of anilines is 1. The zero-order valence-corrected chi connectivity index (χ0v) is 14.2. The predicted molar refractivity (Wildman–Crippen MR) is 96.6 cm³/mol. The fourth-order valence-corrected chi connectivity index (χ4v) is 3.08. The monoisotopic (exact) mass is 352 g/mol. The Hall–Kier alpha value is -3.15. The van der Waals surface area contributed by atoms with Crippen LogP contribution in [0.15, 0.2) is 60.7 Å². The van der Waals surface area contributed by atoms with Crippen LogP contribution >= 0.6 is 0 Å². The van der Waals surface area contributed by atoms with E-state index in [0.29, 0.717) is 0 Å². The molecular formula is C20H20N2O4. The van der Waals surface area contributed by atoms with E-state index in [9.17, 15) is 19.5 Å². The van der Waals surface area contributed by atoms with E-state index in [-0.39, 0.29) is 25.3 Å². The number of hydrogen-bond acceptors (Lipinski definition) is 3. The van der Waals surface area contributed by atoms with Crippen LogP contribution in [0.1, 0.15) is 12.0 Å². The normalized spacial score (nSPS) is 17.8. The van der Waals surface area contributed by atoms with Crippen LogP contribution in [0.5, 0.6) is 0 Å². The maximum absolute atomic E-state index is 12.5. The summed E-state index contributed by atoms with van der Waals surface area (Å²) >= 11 is 0. The molecule has 1 fully saturated rings. The summed E-state index contributed by atoms with van der Waals surface area (Å²) in [5, 5.41) is 12.0. The van der Waals surface area contributed by atoms with E-state index in [0.717, 1.165) is 11.3 Å². The Morgan fingerprint density at radius 2 is 1.69 bits per heavy atom. The number of hydrogen-bond donors (Lipinski definition) is 2. The Morgan fingerprint density at radius 1 is 1.08 bits per heavy atom. The average molecular weight is 352 g/mol. The summed E-state index contributed by atoms with van der Waals surface area (Å²) in [6.45, 7) is 0.256. The number of aliphatic carboxylic acids is 1. The van der Waals surface area contributed by atoms with Gasteiger partial charge in [0.2, 0.25) is 11.8 Å². The van der Waals surface area contributed by atoms with Gasteiger partial charge in [0, 0.05) is 25.1 Å². The van der Waals surface area contributed by atoms with Crippen LogP contribution < -0.4 is 10.2 Å². The van der Waals surface area contributed by atoms with Gasteiger partial charge in [-0.3, -0.25) is 9.59 Å². The number of para-hydroxylation sites is 1. The van der Waals surface area contributed by atoms with Crippen molar-refractivity contribution >= 4 is 23.5 Å². The van der Waals surface area contributed by atoms with Gasteiger partial charge >= 0.3 is 5.97 Å². The van der Waals surface area contributed by atoms with E-state index in [4.69, 9.17) is 0 Å². The molecule has 26 heavy (non-hydrogen) atoms. The Morgan fingerprint density at radius 3 is 2.31 bits per heavy atom. The first-order valence-electron chi connectivity index (χ1n) is 8.47. The van der Waals surface area contributed by atoms with E-state index in [1.54, 1.807) is 4.90 Å². The molecule has 2 N–H and O–H groups in total. The molecule has 134 valence electrons. The maximum atomic E-state index is 12.5. The van der Waals surface area contributed by atoms with Gasteiger partial charge in [0.25, 0.3) is 0 Å². The summed E-state index contributed by atoms with van der Waals surface area (Å²) in [6.07, 6.45) is 0.281. The minimum absolute atomic E-state index is 0.0817. The third-order valence-electron chi connectivity index (χ3n) is 4.46. The van der Waals surface area contributed by atoms with Gasteiger partial charge < -0.3 is 15.3 Å². The molecule has 1 aliphatic heterocycles. The van der Waals surface area contributed by atoms with Crippen LogP contribution in [-0.2, 0) is 20.8 Å². The van der Waals surface area contributed by atoms with Crippen LogP contribution in [0.25, 0.3) is 0 Å². The summed E-state index contributed by atoms with van der Waals surface area (Å²) in [4.78, 5) is 37.8. The number of carboxylic acids is 1. The average Bonchev–Trinajstić information content (AvgIpc) is 3.04. The maximum Gasteiger partial charge on any atom is 0.326 e. The zero-order chi connectivity index (χ0) is 18.5. The lowest BCUT2D eigenvalue weighted by atomic mass is 10.0. The lowest BCUT2D eigenvalue weighted by Gasteiger charge is -2.19. The summed E-state index contributed by atoms with van der Waals surface area (Å²) in [7, 11) is 0. The van der Waals surface area contributed by atoms with Crippen molar-refractivity contribution in [1.82, 2.24) is 5.32 Å². The number of carbonyl (C=O) groups excluding carboxylic acids is 2. The molecule has 2 aromatic carbocycles. The fourth-order valence-electron chi connectivity index (χ4n) is 3.08. The van der Waals surface area contributed by atoms with Crippen molar-refractivity contribution in [3.63, 3.8) is 0 Å². The van der Waals surface area contributed by atoms with Crippen LogP contribution in [0.2, 0.25) is 0 Å². The molecular weight excluding hydrogens is 332 g/mol. The third kappa shape index (κ3) is 4.08. The lowest BCUT2D eigenvalue weighted by Crippen LogP contribution is -2.45. The van der Waals surface area contributed by atoms with E-state index >= 15 is 0 Å². The van der Waals surface area contributed by atoms with Crippen LogP contribution in [0, 0.1) is 5.92 Å². The van der Waals surface area contributed by atoms with Crippen molar-refractivity contribution in [1.29, 1.82) is 0 Å². The summed E-state index contributed by atoms with van der Waals surface area (Å²) < 4.78 is 0. The fraction of sp³-hybridized carbons (Fsp3) is 0.250. The quantitative estimate of drug-likeness (QED) is 0.831. The number of amides is 2. The van der Waals surface area contributed by atoms with Crippen molar-refractivity contribution in [2.45, 2.75) is 18.9 Å². The van der Waals surface area contributed by atoms with Gasteiger partial charge in [-0.1, -0.05) is 48.5 Å². The van der Waals surface area contributed by atoms with E-state index in [1.807, 2.05) is 60.7 Å². The van der Waals surface area contributed by atoms with Crippen LogP contribution in [-0.4, -0.2) is 35.5 Å². The van der Waals surface area contributed by atoms with Crippen molar-refractivity contribution in [3.05, 3.63) is 66.2 Å². The van der Waals surface area contributed by atoms with Crippen molar-refractivity contribution in [3.8, 4) is 0 Å². The van der Waals surface area contributed by atoms with E-state index in [1.165, 1.54) is 0 Å². The Kier molecular flexibility index (Phi) is 5.31. The number of benzene rings is 2. The van der Waals surface area contributed by atoms with Crippen molar-refractivity contribution in [2.75, 3.05) is 11.4 Å². The summed E-state index contributed by atoms with van der Waals surface area (Å²) in [5.41, 5.74) is 1.57. The smallest absolute Gasteiger partial charge is 0.326 e. The molecule has 2 atom stereocenters. The first kappa shape index (κ1) is 17.7. The number of nitrogens with zero attached hydrogens (tertiary/aromatic N) is 1. The molecule has 1 saturated heterocycles. The van der Waals surface area contributed by atoms with Gasteiger partial charge in [0.05, 0.1) is 5.92 Å². The van der Waals surface area contributed by atoms with Gasteiger partial charge in [0.15, 0.2) is 0 Å². The Balaban J connectivity index is 1.65. The van der Waals surface area contributed by atoms with Crippen molar-refractivity contribution < 1.29 is 19.5 Å². The molecule has 0 radical (unpaired) electrons. The first-order chi connectivity index (χ1) is 12.5. The standard InChI is InChI=1S/C20H20N2O4/c23-18-12-15(13-22(18)16-9-5-2-6-10-16)19(24)21-17(20(25)26)11-14-7-3-1-4-8-14/h1-10,15,17H,11-13H2,(H,21,24)(H,25,26)/t15-,17+/m1/s1. The summed E-state index contributed by atoms with van der Waals surface area (Å²) in [5.74, 6) is -2.18. The molecule has 0 saturated carbocycles. The molecule has 0 spiro atoms. The van der Waals surface area contributed by atoms with Crippen LogP contribution in [0.4, 0.5) is 5.69 Å². The second kappa shape index (κ2) is 7.82. The molecule has 0 aliphatic carbocycles. The minimum atomic E-state index is -1.09. The molecule has 1 aliphatic rings. The molecule has 2 amide bonds. The van der Waals surface area contributed by atoms with Crippen molar-refractivity contribution in [2.24, 2.45) is 5.92 Å². The molecule has 6 heteroatoms. The highest BCUT2D eigenvalue weighted by atomic mass is 16.4. The van der Waals surface area contributed by atoms with Gasteiger partial charge in [-0.2, -0.15) is 0 Å². The Labute approximate surface area is 151 Å². The zero-order valence-electron chi connectivity index (χ0n) is 14.2. The number of nitrogens with one attached hydrogen (secondary N) is 1. The minimum Gasteiger partial charge on any atom is -0.480 e. The van der Waals surface area contributed by atoms with Gasteiger partial charge in [-0.25, -0.2) is 4.79 Å². The van der Waals surface area contributed by atoms with Crippen LogP contribution in [0.3, 0.4) is 0 Å². The summed E-state index contributed by atoms with van der Waals surface area (Å²) in [6, 6.07) is 17.2. The largest absolute Gasteiger partial charge is 0.480 e. The lowest BCUT2D eigenvalue weighted by molar-refractivity contribution is -0.142. The number of carbonyl (C=O) groups is 3. The molecule has 0 bridgehead atoms. The molecule has 2 aromatic rings. The topological polar surface area (TPSA) is 86.7 Å². The third-order valence-corrected chi connectivity index (χ3v) is 4.46. The second-order valence-electron chi connectivity index (χ2n) is 6.33. The second-order valence-corrected chi connectivity index (χ2v) is 6.33. The molecule has 1 heterocycles. The number of carboxylic acid groups (broad SMARTS) is 1. The van der Waals surface area contributed by atoms with Gasteiger partial charge in [0.1, 0.15) is 6.04 Å². The Bertz CT molecular complexity index is 792. The van der Waals surface area contributed by atoms with E-state index < -0.39 is 23.8 Å². The van der Waals surface area contributed by atoms with Gasteiger partial charge in [-0.15, -0.1) is 0 Å². The molecule has 0 unspecified atom stereocenters. The van der Waals surface area contributed by atoms with E-state index in [2.05, 4.69) is 5.32 Å². The highest BCUT2D eigenvalue weighted by molar-refractivity contribution is 6.00. The molecule has 0 aromatic heterocycles. The highest BCUT2D eigenvalue weighted by Gasteiger charge is 2.36. The predicted octanol–water partition coefficient (Wildman–Crippen LogP) is 1.85.